The summed E-state index contributed by atoms with van der Waals surface area (Å²) >= 11 is 3.34. The van der Waals surface area contributed by atoms with E-state index in [0.717, 1.165) is 15.6 Å². The van der Waals surface area contributed by atoms with Crippen LogP contribution in [0, 0.1) is 0 Å². The van der Waals surface area contributed by atoms with E-state index in [1.807, 2.05) is 18.2 Å². The van der Waals surface area contributed by atoms with E-state index in [1.165, 1.54) is 0 Å². The van der Waals surface area contributed by atoms with Gasteiger partial charge in [0.25, 0.3) is 0 Å². The lowest BCUT2D eigenvalue weighted by molar-refractivity contribution is 0.303. The van der Waals surface area contributed by atoms with Crippen LogP contribution in [0.4, 0.5) is 4.39 Å². The van der Waals surface area contributed by atoms with Gasteiger partial charge in [-0.15, -0.1) is 0 Å². The van der Waals surface area contributed by atoms with Crippen LogP contribution in [0.15, 0.2) is 22.7 Å². The van der Waals surface area contributed by atoms with Crippen molar-refractivity contribution >= 4 is 15.9 Å². The van der Waals surface area contributed by atoms with Gasteiger partial charge in [-0.25, -0.2) is 4.39 Å². The fraction of sp³-hybridized carbons (Fsp3) is 0.333. The van der Waals surface area contributed by atoms with Crippen LogP contribution >= 0.6 is 15.9 Å². The molecule has 0 fully saturated rings. The van der Waals surface area contributed by atoms with E-state index in [2.05, 4.69) is 15.9 Å². The summed E-state index contributed by atoms with van der Waals surface area (Å²) in [4.78, 5) is 0. The topological polar surface area (TPSA) is 26.0 Å². The van der Waals surface area contributed by atoms with Crippen molar-refractivity contribution in [3.63, 3.8) is 0 Å². The molecule has 1 nitrogen and oxygen atoms in total. The number of hydrogen-bond acceptors (Lipinski definition) is 1. The molecule has 2 N–H and O–H groups in total. The van der Waals surface area contributed by atoms with E-state index in [-0.39, 0.29) is 0 Å². The van der Waals surface area contributed by atoms with Crippen LogP contribution < -0.4 is 5.73 Å². The molecular weight excluding hydrogens is 221 g/mol. The molecule has 1 aliphatic rings. The molecule has 3 heteroatoms. The fourth-order valence-electron chi connectivity index (χ4n) is 1.61. The van der Waals surface area contributed by atoms with Gasteiger partial charge in [0.2, 0.25) is 0 Å². The maximum Gasteiger partial charge on any atom is 0.123 e. The second-order valence-corrected chi connectivity index (χ2v) is 4.00. The van der Waals surface area contributed by atoms with Gasteiger partial charge in [0.15, 0.2) is 0 Å². The van der Waals surface area contributed by atoms with Gasteiger partial charge >= 0.3 is 0 Å². The van der Waals surface area contributed by atoms with Crippen LogP contribution in [-0.4, -0.2) is 6.17 Å². The van der Waals surface area contributed by atoms with Gasteiger partial charge in [0, 0.05) is 10.9 Å². The third kappa shape index (κ3) is 1.17. The zero-order valence-electron chi connectivity index (χ0n) is 6.43. The van der Waals surface area contributed by atoms with Crippen LogP contribution in [0.25, 0.3) is 0 Å². The summed E-state index contributed by atoms with van der Waals surface area (Å²) in [5.41, 5.74) is 7.63. The first-order valence-electron chi connectivity index (χ1n) is 3.86. The first-order valence-corrected chi connectivity index (χ1v) is 4.66. The highest BCUT2D eigenvalue weighted by Crippen LogP contribution is 2.33. The summed E-state index contributed by atoms with van der Waals surface area (Å²) in [5, 5.41) is 0. The fourth-order valence-corrected chi connectivity index (χ4v) is 2.02. The highest BCUT2D eigenvalue weighted by atomic mass is 79.9. The molecule has 1 aliphatic carbocycles. The molecule has 0 heterocycles. The van der Waals surface area contributed by atoms with E-state index in [9.17, 15) is 4.39 Å². The SMILES string of the molecule is N[C@@H]1c2ccc(Br)cc2C[C@@H]1F. The van der Waals surface area contributed by atoms with Crippen molar-refractivity contribution in [3.8, 4) is 0 Å². The van der Waals surface area contributed by atoms with E-state index >= 15 is 0 Å². The van der Waals surface area contributed by atoms with Crippen LogP contribution in [-0.2, 0) is 6.42 Å². The molecule has 2 rings (SSSR count). The summed E-state index contributed by atoms with van der Waals surface area (Å²) in [6, 6.07) is 5.31. The van der Waals surface area contributed by atoms with Crippen molar-refractivity contribution in [3.05, 3.63) is 33.8 Å². The van der Waals surface area contributed by atoms with Gasteiger partial charge in [0.1, 0.15) is 6.17 Å². The second-order valence-electron chi connectivity index (χ2n) is 3.09. The van der Waals surface area contributed by atoms with Crippen molar-refractivity contribution in [2.45, 2.75) is 18.6 Å². The predicted molar refractivity (Wildman–Crippen MR) is 49.7 cm³/mol. The molecule has 1 aromatic carbocycles. The number of hydrogen-bond donors (Lipinski definition) is 1. The molecule has 2 atom stereocenters. The summed E-state index contributed by atoms with van der Waals surface area (Å²) in [7, 11) is 0. The second kappa shape index (κ2) is 2.82. The highest BCUT2D eigenvalue weighted by Gasteiger charge is 2.29. The standard InChI is InChI=1S/C9H9BrFN/c10-6-1-2-7-5(3-6)4-8(11)9(7)12/h1-3,8-9H,4,12H2/t8-,9+/m0/s1. The Hall–Kier alpha value is -0.410. The van der Waals surface area contributed by atoms with Crippen molar-refractivity contribution in [1.82, 2.24) is 0 Å². The van der Waals surface area contributed by atoms with E-state index in [1.54, 1.807) is 0 Å². The van der Waals surface area contributed by atoms with Gasteiger partial charge in [0.05, 0.1) is 6.04 Å². The van der Waals surface area contributed by atoms with Crippen LogP contribution in [0.5, 0.6) is 0 Å². The lowest BCUT2D eigenvalue weighted by atomic mass is 10.1. The molecule has 0 amide bonds. The Morgan fingerprint density at radius 1 is 1.50 bits per heavy atom. The number of halogens is 2. The average molecular weight is 230 g/mol. The van der Waals surface area contributed by atoms with Gasteiger partial charge in [-0.05, 0) is 23.3 Å². The summed E-state index contributed by atoms with van der Waals surface area (Å²) in [6.45, 7) is 0. The van der Waals surface area contributed by atoms with Gasteiger partial charge < -0.3 is 5.73 Å². The molecule has 64 valence electrons. The zero-order chi connectivity index (χ0) is 8.72. The molecule has 0 unspecified atom stereocenters. The van der Waals surface area contributed by atoms with Crippen LogP contribution in [0.1, 0.15) is 17.2 Å². The Morgan fingerprint density at radius 2 is 2.25 bits per heavy atom. The summed E-state index contributed by atoms with van der Waals surface area (Å²) in [5.74, 6) is 0. The molecule has 0 saturated carbocycles. The van der Waals surface area contributed by atoms with E-state index < -0.39 is 12.2 Å². The van der Waals surface area contributed by atoms with Crippen molar-refractivity contribution < 1.29 is 4.39 Å². The minimum atomic E-state index is -0.908. The molecule has 12 heavy (non-hydrogen) atoms. The number of benzene rings is 1. The van der Waals surface area contributed by atoms with Crippen molar-refractivity contribution in [2.75, 3.05) is 0 Å². The Balaban J connectivity index is 2.47. The van der Waals surface area contributed by atoms with Crippen LogP contribution in [0.2, 0.25) is 0 Å². The van der Waals surface area contributed by atoms with E-state index in [0.29, 0.717) is 6.42 Å². The zero-order valence-corrected chi connectivity index (χ0v) is 8.01. The average Bonchev–Trinajstić information content (AvgIpc) is 2.28. The molecule has 0 saturated heterocycles. The Labute approximate surface area is 78.9 Å². The summed E-state index contributed by atoms with van der Waals surface area (Å²) < 4.78 is 14.1. The quantitative estimate of drug-likeness (QED) is 0.727. The van der Waals surface area contributed by atoms with Gasteiger partial charge in [-0.1, -0.05) is 22.0 Å². The molecule has 0 radical (unpaired) electrons. The normalized spacial score (nSPS) is 27.2. The monoisotopic (exact) mass is 229 g/mol. The Bertz CT molecular complexity index is 313. The number of rotatable bonds is 0. The van der Waals surface area contributed by atoms with Crippen molar-refractivity contribution in [2.24, 2.45) is 5.73 Å². The highest BCUT2D eigenvalue weighted by molar-refractivity contribution is 9.10. The molecule has 1 aromatic rings. The number of alkyl halides is 1. The maximum absolute atomic E-state index is 13.1. The number of fused-ring (bicyclic) bond motifs is 1. The molecule has 0 spiro atoms. The minimum Gasteiger partial charge on any atom is -0.322 e. The smallest absolute Gasteiger partial charge is 0.123 e. The third-order valence-corrected chi connectivity index (χ3v) is 2.76. The lowest BCUT2D eigenvalue weighted by Crippen LogP contribution is -2.17. The molecular formula is C9H9BrFN. The minimum absolute atomic E-state index is 0.423. The Kier molecular flexibility index (Phi) is 1.93. The molecule has 0 aliphatic heterocycles. The van der Waals surface area contributed by atoms with Gasteiger partial charge in [-0.2, -0.15) is 0 Å². The first-order chi connectivity index (χ1) is 5.68. The largest absolute Gasteiger partial charge is 0.322 e. The van der Waals surface area contributed by atoms with Crippen molar-refractivity contribution in [1.29, 1.82) is 0 Å². The van der Waals surface area contributed by atoms with E-state index in [4.69, 9.17) is 5.73 Å². The number of nitrogens with two attached hydrogens (primary N) is 1. The Morgan fingerprint density at radius 3 is 3.00 bits per heavy atom. The first kappa shape index (κ1) is 8.20. The lowest BCUT2D eigenvalue weighted by Gasteiger charge is -2.05. The van der Waals surface area contributed by atoms with Crippen LogP contribution in [0.3, 0.4) is 0 Å². The predicted octanol–water partition coefficient (Wildman–Crippen LogP) is 2.34. The summed E-state index contributed by atoms with van der Waals surface area (Å²) in [6.07, 6.45) is -0.454. The van der Waals surface area contributed by atoms with Gasteiger partial charge in [-0.3, -0.25) is 0 Å². The third-order valence-electron chi connectivity index (χ3n) is 2.27. The molecule has 0 bridgehead atoms. The molecule has 0 aromatic heterocycles. The maximum atomic E-state index is 13.1.